The summed E-state index contributed by atoms with van der Waals surface area (Å²) in [5.41, 5.74) is -3.09. The first kappa shape index (κ1) is 26.6. The molecule has 10 heteroatoms. The maximum Gasteiger partial charge on any atom is 0.485 e. The summed E-state index contributed by atoms with van der Waals surface area (Å²) in [6.45, 7) is 8.49. The van der Waals surface area contributed by atoms with Crippen LogP contribution in [0, 0.1) is 0 Å². The molecule has 33 heavy (non-hydrogen) atoms. The Balaban J connectivity index is 0.000000414. The molecule has 0 amide bonds. The molecule has 0 aliphatic carbocycles. The summed E-state index contributed by atoms with van der Waals surface area (Å²) in [6, 6.07) is 21.1. The first-order chi connectivity index (χ1) is 15.4. The van der Waals surface area contributed by atoms with E-state index in [2.05, 4.69) is 43.0 Å². The van der Waals surface area contributed by atoms with Gasteiger partial charge >= 0.3 is 11.5 Å². The molecular formula is C23H26F3NO5S. The number of likely N-dealkylation sites (tertiary alicyclic amines) is 1. The highest BCUT2D eigenvalue weighted by Gasteiger charge is 2.54. The Bertz CT molecular complexity index is 1030. The number of carbonyl (C=O) groups is 1. The number of benzene rings is 2. The van der Waals surface area contributed by atoms with E-state index in [0.29, 0.717) is 23.6 Å². The van der Waals surface area contributed by atoms with E-state index in [9.17, 15) is 18.0 Å². The lowest BCUT2D eigenvalue weighted by Gasteiger charge is -2.55. The van der Waals surface area contributed by atoms with Crippen LogP contribution >= 0.6 is 0 Å². The minimum Gasteiger partial charge on any atom is -0.741 e. The molecule has 0 N–H and O–H groups in total. The summed E-state index contributed by atoms with van der Waals surface area (Å²) in [5.74, 6) is 0.272. The van der Waals surface area contributed by atoms with Crippen molar-refractivity contribution in [2.75, 3.05) is 19.7 Å². The van der Waals surface area contributed by atoms with Crippen LogP contribution in [-0.2, 0) is 26.2 Å². The molecule has 0 radical (unpaired) electrons. The second kappa shape index (κ2) is 11.0. The second-order valence-corrected chi connectivity index (χ2v) is 9.02. The van der Waals surface area contributed by atoms with Gasteiger partial charge in [-0.1, -0.05) is 67.2 Å². The fourth-order valence-electron chi connectivity index (χ4n) is 4.06. The van der Waals surface area contributed by atoms with Gasteiger partial charge in [-0.15, -0.1) is 0 Å². The molecule has 1 aliphatic heterocycles. The number of nitrogens with zero attached hydrogens (tertiary/aromatic N) is 1. The highest BCUT2D eigenvalue weighted by atomic mass is 32.2. The van der Waals surface area contributed by atoms with Gasteiger partial charge in [-0.25, -0.2) is 13.2 Å². The Morgan fingerprint density at radius 1 is 1.15 bits per heavy atom. The van der Waals surface area contributed by atoms with Crippen LogP contribution < -0.4 is 0 Å². The molecule has 0 bridgehead atoms. The summed E-state index contributed by atoms with van der Waals surface area (Å²) < 4.78 is 64.8. The third-order valence-electron chi connectivity index (χ3n) is 5.45. The Labute approximate surface area is 191 Å². The first-order valence-electron chi connectivity index (χ1n) is 10.2. The van der Waals surface area contributed by atoms with Crippen LogP contribution in [0.3, 0.4) is 0 Å². The van der Waals surface area contributed by atoms with Crippen LogP contribution in [-0.4, -0.2) is 54.7 Å². The van der Waals surface area contributed by atoms with Crippen LogP contribution in [0.15, 0.2) is 73.3 Å². The van der Waals surface area contributed by atoms with E-state index in [1.54, 1.807) is 0 Å². The van der Waals surface area contributed by atoms with Crippen molar-refractivity contribution in [3.63, 3.8) is 0 Å². The van der Waals surface area contributed by atoms with Crippen LogP contribution in [0.4, 0.5) is 13.2 Å². The van der Waals surface area contributed by atoms with Crippen molar-refractivity contribution in [3.8, 4) is 0 Å². The van der Waals surface area contributed by atoms with E-state index < -0.39 is 15.6 Å². The van der Waals surface area contributed by atoms with Gasteiger partial charge < -0.3 is 13.8 Å². The van der Waals surface area contributed by atoms with E-state index in [1.165, 1.54) is 11.1 Å². The van der Waals surface area contributed by atoms with Crippen LogP contribution in [0.25, 0.3) is 0 Å². The highest BCUT2D eigenvalue weighted by Crippen LogP contribution is 2.43. The van der Waals surface area contributed by atoms with Crippen molar-refractivity contribution in [1.29, 1.82) is 0 Å². The van der Waals surface area contributed by atoms with Gasteiger partial charge in [0.1, 0.15) is 12.6 Å². The Morgan fingerprint density at radius 3 is 2.12 bits per heavy atom. The second-order valence-electron chi connectivity index (χ2n) is 7.65. The molecule has 1 heterocycles. The molecule has 2 aromatic carbocycles. The fourth-order valence-corrected chi connectivity index (χ4v) is 4.06. The van der Waals surface area contributed by atoms with Gasteiger partial charge in [-0.3, -0.25) is 0 Å². The van der Waals surface area contributed by atoms with Gasteiger partial charge in [0, 0.05) is 5.56 Å². The number of ether oxygens (including phenoxy) is 1. The minimum absolute atomic E-state index is 0.128. The van der Waals surface area contributed by atoms with Gasteiger partial charge in [0.25, 0.3) is 0 Å². The molecule has 2 aromatic rings. The normalized spacial score (nSPS) is 22.3. The molecule has 6 nitrogen and oxygen atoms in total. The molecule has 0 spiro atoms. The van der Waals surface area contributed by atoms with Gasteiger partial charge in [0.05, 0.1) is 19.1 Å². The zero-order chi connectivity index (χ0) is 24.7. The molecule has 1 fully saturated rings. The maximum absolute atomic E-state index is 12.3. The van der Waals surface area contributed by atoms with Gasteiger partial charge in [-0.2, -0.15) is 13.2 Å². The summed E-state index contributed by atoms with van der Waals surface area (Å²) in [7, 11) is -6.09. The molecule has 1 aliphatic rings. The van der Waals surface area contributed by atoms with E-state index in [1.807, 2.05) is 37.3 Å². The van der Waals surface area contributed by atoms with Crippen molar-refractivity contribution in [3.05, 3.63) is 84.4 Å². The maximum atomic E-state index is 12.3. The Kier molecular flexibility index (Phi) is 8.82. The third kappa shape index (κ3) is 6.89. The number of rotatable bonds is 7. The lowest BCUT2D eigenvalue weighted by atomic mass is 9.78. The topological polar surface area (TPSA) is 83.5 Å². The predicted molar refractivity (Wildman–Crippen MR) is 116 cm³/mol. The van der Waals surface area contributed by atoms with Crippen LogP contribution in [0.2, 0.25) is 0 Å². The largest absolute Gasteiger partial charge is 0.741 e. The lowest BCUT2D eigenvalue weighted by molar-refractivity contribution is -0.992. The zero-order valence-corrected chi connectivity index (χ0v) is 18.9. The van der Waals surface area contributed by atoms with Crippen molar-refractivity contribution in [2.24, 2.45) is 0 Å². The van der Waals surface area contributed by atoms with Crippen LogP contribution in [0.5, 0.6) is 0 Å². The predicted octanol–water partition coefficient (Wildman–Crippen LogP) is 3.97. The first-order valence-corrected chi connectivity index (χ1v) is 11.6. The van der Waals surface area contributed by atoms with Gasteiger partial charge in [0.2, 0.25) is 0 Å². The smallest absolute Gasteiger partial charge is 0.485 e. The molecule has 1 saturated heterocycles. The number of alkyl halides is 3. The number of esters is 1. The fraction of sp³-hybridized carbons (Fsp3) is 0.348. The molecule has 3 rings (SSSR count). The quantitative estimate of drug-likeness (QED) is 0.195. The number of halogens is 3. The SMILES string of the molecule is C=C[C@H]1[C@H](c2ccccc2)C[N+]1(CC(=O)OCC)Cc1ccccc1.O=S(=O)([O-])C(F)(F)F. The standard InChI is InChI=1S/C22H26NO2.CHF3O3S/c1-3-21-20(19-13-9-6-10-14-19)16-23(21,17-22(24)25-4-2)15-18-11-7-5-8-12-18;2-1(3,4)8(5,6)7/h3,5-14,20-21H,1,4,15-17H2,2H3;(H,5,6,7)/q+1;/p-1/t20-,21-,23?;/m0./s1. The molecule has 0 saturated carbocycles. The average molecular weight is 486 g/mol. The molecular weight excluding hydrogens is 459 g/mol. The van der Waals surface area contributed by atoms with Crippen molar-refractivity contribution in [1.82, 2.24) is 0 Å². The van der Waals surface area contributed by atoms with Crippen molar-refractivity contribution >= 4 is 16.1 Å². The summed E-state index contributed by atoms with van der Waals surface area (Å²) >= 11 is 0. The van der Waals surface area contributed by atoms with E-state index in [0.717, 1.165) is 13.1 Å². The molecule has 0 aromatic heterocycles. The van der Waals surface area contributed by atoms with E-state index >= 15 is 0 Å². The zero-order valence-electron chi connectivity index (χ0n) is 18.1. The molecule has 180 valence electrons. The number of hydrogen-bond acceptors (Lipinski definition) is 5. The number of quaternary nitrogens is 1. The number of carbonyl (C=O) groups excluding carboxylic acids is 1. The average Bonchev–Trinajstić information content (AvgIpc) is 2.73. The third-order valence-corrected chi connectivity index (χ3v) is 6.01. The monoisotopic (exact) mass is 485 g/mol. The van der Waals surface area contributed by atoms with E-state index in [-0.39, 0.29) is 12.0 Å². The lowest BCUT2D eigenvalue weighted by Crippen LogP contribution is -2.69. The number of hydrogen-bond donors (Lipinski definition) is 0. The van der Waals surface area contributed by atoms with Crippen molar-refractivity contribution < 1.29 is 40.2 Å². The molecule has 3 atom stereocenters. The van der Waals surface area contributed by atoms with E-state index in [4.69, 9.17) is 17.7 Å². The molecule has 1 unspecified atom stereocenters. The summed E-state index contributed by atoms with van der Waals surface area (Å²) in [5, 5.41) is 0. The summed E-state index contributed by atoms with van der Waals surface area (Å²) in [6.07, 6.45) is 2.02. The van der Waals surface area contributed by atoms with Crippen molar-refractivity contribution in [2.45, 2.75) is 30.9 Å². The van der Waals surface area contributed by atoms with Gasteiger partial charge in [0.15, 0.2) is 16.7 Å². The summed E-state index contributed by atoms with van der Waals surface area (Å²) in [4.78, 5) is 12.3. The van der Waals surface area contributed by atoms with Crippen LogP contribution in [0.1, 0.15) is 24.0 Å². The Hall–Kier alpha value is -2.69. The highest BCUT2D eigenvalue weighted by molar-refractivity contribution is 7.86. The Morgan fingerprint density at radius 2 is 1.67 bits per heavy atom. The minimum atomic E-state index is -6.09. The van der Waals surface area contributed by atoms with Gasteiger partial charge in [-0.05, 0) is 18.6 Å².